The molecule has 0 radical (unpaired) electrons. The van der Waals surface area contributed by atoms with E-state index >= 15 is 0 Å². The molecule has 0 saturated carbocycles. The molecule has 0 aliphatic rings. The standard InChI is InChI=1S/C9H5BrN2O3/c10-5-1-2-6(11-4-5)8-3-7(9(13)14)12-15-8/h1-4H,(H,13,14). The molecule has 0 aliphatic heterocycles. The van der Waals surface area contributed by atoms with Crippen LogP contribution in [0.2, 0.25) is 0 Å². The first kappa shape index (κ1) is 9.85. The molecular formula is C9H5BrN2O3. The highest BCUT2D eigenvalue weighted by atomic mass is 79.9. The lowest BCUT2D eigenvalue weighted by molar-refractivity contribution is 0.0686. The Morgan fingerprint density at radius 2 is 2.27 bits per heavy atom. The number of nitrogens with zero attached hydrogens (tertiary/aromatic N) is 2. The maximum atomic E-state index is 10.5. The summed E-state index contributed by atoms with van der Waals surface area (Å²) < 4.78 is 5.68. The van der Waals surface area contributed by atoms with Crippen LogP contribution in [0.15, 0.2) is 33.4 Å². The van der Waals surface area contributed by atoms with Gasteiger partial charge in [0, 0.05) is 16.7 Å². The van der Waals surface area contributed by atoms with Gasteiger partial charge in [0.15, 0.2) is 11.5 Å². The molecule has 1 N–H and O–H groups in total. The van der Waals surface area contributed by atoms with Crippen molar-refractivity contribution in [3.63, 3.8) is 0 Å². The average Bonchev–Trinajstić information content (AvgIpc) is 2.68. The lowest BCUT2D eigenvalue weighted by Crippen LogP contribution is -1.94. The molecule has 5 nitrogen and oxygen atoms in total. The van der Waals surface area contributed by atoms with Crippen LogP contribution in [-0.2, 0) is 0 Å². The monoisotopic (exact) mass is 268 g/mol. The zero-order valence-corrected chi connectivity index (χ0v) is 8.93. The third kappa shape index (κ3) is 2.04. The van der Waals surface area contributed by atoms with Crippen molar-refractivity contribution in [1.29, 1.82) is 0 Å². The van der Waals surface area contributed by atoms with E-state index in [0.29, 0.717) is 11.5 Å². The second-order valence-corrected chi connectivity index (χ2v) is 3.66. The molecule has 0 bridgehead atoms. The predicted octanol–water partition coefficient (Wildman–Crippen LogP) is 2.20. The van der Waals surface area contributed by atoms with E-state index in [-0.39, 0.29) is 5.69 Å². The van der Waals surface area contributed by atoms with Crippen LogP contribution in [0.3, 0.4) is 0 Å². The fourth-order valence-corrected chi connectivity index (χ4v) is 1.25. The number of carbonyl (C=O) groups is 1. The van der Waals surface area contributed by atoms with Crippen molar-refractivity contribution < 1.29 is 14.4 Å². The number of rotatable bonds is 2. The summed E-state index contributed by atoms with van der Waals surface area (Å²) in [4.78, 5) is 14.6. The number of carboxylic acid groups (broad SMARTS) is 1. The van der Waals surface area contributed by atoms with Crippen LogP contribution in [0.4, 0.5) is 0 Å². The molecule has 15 heavy (non-hydrogen) atoms. The number of pyridine rings is 1. The zero-order chi connectivity index (χ0) is 10.8. The first-order valence-electron chi connectivity index (χ1n) is 3.99. The van der Waals surface area contributed by atoms with E-state index < -0.39 is 5.97 Å². The summed E-state index contributed by atoms with van der Waals surface area (Å²) in [7, 11) is 0. The summed E-state index contributed by atoms with van der Waals surface area (Å²) >= 11 is 3.24. The third-order valence-corrected chi connectivity index (χ3v) is 2.18. The summed E-state index contributed by atoms with van der Waals surface area (Å²) in [5.74, 6) is -0.790. The van der Waals surface area contributed by atoms with Crippen LogP contribution < -0.4 is 0 Å². The molecule has 2 heterocycles. The highest BCUT2D eigenvalue weighted by Crippen LogP contribution is 2.19. The summed E-state index contributed by atoms with van der Waals surface area (Å²) in [6.45, 7) is 0. The molecule has 0 unspecified atom stereocenters. The molecule has 2 aromatic heterocycles. The van der Waals surface area contributed by atoms with Crippen LogP contribution in [0.25, 0.3) is 11.5 Å². The lowest BCUT2D eigenvalue weighted by atomic mass is 10.2. The summed E-state index contributed by atoms with van der Waals surface area (Å²) in [5, 5.41) is 12.0. The number of aromatic nitrogens is 2. The Morgan fingerprint density at radius 3 is 2.80 bits per heavy atom. The van der Waals surface area contributed by atoms with Crippen molar-refractivity contribution in [3.05, 3.63) is 34.6 Å². The number of hydrogen-bond donors (Lipinski definition) is 1. The maximum Gasteiger partial charge on any atom is 0.358 e. The second kappa shape index (κ2) is 3.82. The van der Waals surface area contributed by atoms with Gasteiger partial charge >= 0.3 is 5.97 Å². The summed E-state index contributed by atoms with van der Waals surface area (Å²) in [5.41, 5.74) is 0.410. The van der Waals surface area contributed by atoms with Gasteiger partial charge < -0.3 is 9.63 Å². The van der Waals surface area contributed by atoms with E-state index in [9.17, 15) is 4.79 Å². The van der Waals surface area contributed by atoms with E-state index in [4.69, 9.17) is 9.63 Å². The number of carboxylic acids is 1. The van der Waals surface area contributed by atoms with Crippen LogP contribution in [0.5, 0.6) is 0 Å². The highest BCUT2D eigenvalue weighted by molar-refractivity contribution is 9.10. The van der Waals surface area contributed by atoms with Crippen LogP contribution in [-0.4, -0.2) is 21.2 Å². The molecule has 6 heteroatoms. The van der Waals surface area contributed by atoms with E-state index in [1.54, 1.807) is 18.3 Å². The molecule has 2 rings (SSSR count). The maximum absolute atomic E-state index is 10.5. The van der Waals surface area contributed by atoms with Crippen molar-refractivity contribution in [3.8, 4) is 11.5 Å². The van der Waals surface area contributed by atoms with Gasteiger partial charge in [-0.3, -0.25) is 4.98 Å². The molecule has 0 spiro atoms. The Balaban J connectivity index is 2.37. The predicted molar refractivity (Wildman–Crippen MR) is 54.4 cm³/mol. The Labute approximate surface area is 92.9 Å². The van der Waals surface area contributed by atoms with Gasteiger partial charge in [0.25, 0.3) is 0 Å². The fraction of sp³-hybridized carbons (Fsp3) is 0. The Kier molecular flexibility index (Phi) is 2.51. The molecule has 0 saturated heterocycles. The Morgan fingerprint density at radius 1 is 1.47 bits per heavy atom. The quantitative estimate of drug-likeness (QED) is 0.904. The smallest absolute Gasteiger partial charge is 0.358 e. The normalized spacial score (nSPS) is 10.2. The first-order chi connectivity index (χ1) is 7.16. The Bertz CT molecular complexity index is 492. The molecule has 0 atom stereocenters. The number of halogens is 1. The molecular weight excluding hydrogens is 264 g/mol. The number of aromatic carboxylic acids is 1. The highest BCUT2D eigenvalue weighted by Gasteiger charge is 2.12. The van der Waals surface area contributed by atoms with Crippen molar-refractivity contribution >= 4 is 21.9 Å². The van der Waals surface area contributed by atoms with E-state index in [0.717, 1.165) is 4.47 Å². The van der Waals surface area contributed by atoms with E-state index in [2.05, 4.69) is 26.1 Å². The zero-order valence-electron chi connectivity index (χ0n) is 7.35. The van der Waals surface area contributed by atoms with Crippen LogP contribution >= 0.6 is 15.9 Å². The molecule has 0 amide bonds. The van der Waals surface area contributed by atoms with Gasteiger partial charge in [-0.05, 0) is 28.1 Å². The summed E-state index contributed by atoms with van der Waals surface area (Å²) in [6, 6.07) is 4.82. The average molecular weight is 269 g/mol. The van der Waals surface area contributed by atoms with Gasteiger partial charge in [0.05, 0.1) is 0 Å². The Hall–Kier alpha value is -1.69. The fourth-order valence-electron chi connectivity index (χ4n) is 1.02. The topological polar surface area (TPSA) is 76.2 Å². The molecule has 0 fully saturated rings. The van der Waals surface area contributed by atoms with Gasteiger partial charge in [0.1, 0.15) is 5.69 Å². The molecule has 0 aliphatic carbocycles. The van der Waals surface area contributed by atoms with Gasteiger partial charge in [0.2, 0.25) is 0 Å². The van der Waals surface area contributed by atoms with Crippen LogP contribution in [0.1, 0.15) is 10.5 Å². The minimum Gasteiger partial charge on any atom is -0.476 e. The lowest BCUT2D eigenvalue weighted by Gasteiger charge is -1.93. The van der Waals surface area contributed by atoms with E-state index in [1.165, 1.54) is 6.07 Å². The second-order valence-electron chi connectivity index (χ2n) is 2.74. The van der Waals surface area contributed by atoms with Gasteiger partial charge in [-0.15, -0.1) is 0 Å². The van der Waals surface area contributed by atoms with E-state index in [1.807, 2.05) is 0 Å². The van der Waals surface area contributed by atoms with Crippen molar-refractivity contribution in [1.82, 2.24) is 10.1 Å². The van der Waals surface area contributed by atoms with Gasteiger partial charge in [-0.2, -0.15) is 0 Å². The van der Waals surface area contributed by atoms with Crippen molar-refractivity contribution in [2.75, 3.05) is 0 Å². The minimum absolute atomic E-state index is 0.130. The molecule has 0 aromatic carbocycles. The van der Waals surface area contributed by atoms with Crippen molar-refractivity contribution in [2.45, 2.75) is 0 Å². The first-order valence-corrected chi connectivity index (χ1v) is 4.78. The summed E-state index contributed by atoms with van der Waals surface area (Å²) in [6.07, 6.45) is 1.60. The molecule has 2 aromatic rings. The van der Waals surface area contributed by atoms with Gasteiger partial charge in [-0.25, -0.2) is 4.79 Å². The van der Waals surface area contributed by atoms with Crippen LogP contribution in [0, 0.1) is 0 Å². The largest absolute Gasteiger partial charge is 0.476 e. The molecule has 76 valence electrons. The minimum atomic E-state index is -1.12. The SMILES string of the molecule is O=C(O)c1cc(-c2ccc(Br)cn2)on1. The number of hydrogen-bond acceptors (Lipinski definition) is 4. The van der Waals surface area contributed by atoms with Gasteiger partial charge in [-0.1, -0.05) is 5.16 Å². The third-order valence-electron chi connectivity index (χ3n) is 1.71. The van der Waals surface area contributed by atoms with Crippen molar-refractivity contribution in [2.24, 2.45) is 0 Å².